The molecule has 0 aliphatic carbocycles. The predicted octanol–water partition coefficient (Wildman–Crippen LogP) is 5.05. The molecule has 1 aromatic carbocycles. The average molecular weight is 342 g/mol. The molecule has 2 aromatic rings. The van der Waals surface area contributed by atoms with Crippen molar-refractivity contribution in [3.8, 4) is 0 Å². The maximum absolute atomic E-state index is 14.4. The van der Waals surface area contributed by atoms with Crippen molar-refractivity contribution in [3.05, 3.63) is 55.9 Å². The molecule has 2 rings (SSSR count). The Labute approximate surface area is 126 Å². The van der Waals surface area contributed by atoms with Crippen LogP contribution >= 0.6 is 27.3 Å². The van der Waals surface area contributed by atoms with Crippen LogP contribution in [0.2, 0.25) is 0 Å². The highest BCUT2D eigenvalue weighted by atomic mass is 79.9. The van der Waals surface area contributed by atoms with Gasteiger partial charge >= 0.3 is 0 Å². The fourth-order valence-corrected chi connectivity index (χ4v) is 3.73. The second-order valence-corrected chi connectivity index (χ2v) is 6.30. The van der Waals surface area contributed by atoms with Crippen LogP contribution in [0.3, 0.4) is 0 Å². The summed E-state index contributed by atoms with van der Waals surface area (Å²) in [6.07, 6.45) is 1.02. The zero-order valence-corrected chi connectivity index (χ0v) is 13.4. The molecule has 0 saturated carbocycles. The molecule has 0 fully saturated rings. The van der Waals surface area contributed by atoms with Gasteiger partial charge in [-0.3, -0.25) is 0 Å². The van der Waals surface area contributed by atoms with E-state index in [0.29, 0.717) is 5.56 Å². The van der Waals surface area contributed by atoms with E-state index in [9.17, 15) is 4.39 Å². The summed E-state index contributed by atoms with van der Waals surface area (Å²) in [5, 5.41) is 5.46. The van der Waals surface area contributed by atoms with Gasteiger partial charge in [-0.15, -0.1) is 11.3 Å². The standard InChI is InChI=1S/C15H17BrFNS/c1-3-8-18-14(15-12(16)7-9-19-15)11-6-4-5-10(2)13(11)17/h4-7,9,14,18H,3,8H2,1-2H3. The summed E-state index contributed by atoms with van der Waals surface area (Å²) in [5.41, 5.74) is 1.41. The quantitative estimate of drug-likeness (QED) is 0.802. The van der Waals surface area contributed by atoms with E-state index in [1.54, 1.807) is 24.3 Å². The van der Waals surface area contributed by atoms with Gasteiger partial charge in [-0.25, -0.2) is 4.39 Å². The number of nitrogens with one attached hydrogen (secondary N) is 1. The fourth-order valence-electron chi connectivity index (χ4n) is 2.04. The Kier molecular flexibility index (Phi) is 5.13. The van der Waals surface area contributed by atoms with E-state index in [1.807, 2.05) is 23.6 Å². The number of benzene rings is 1. The van der Waals surface area contributed by atoms with Crippen LogP contribution in [-0.2, 0) is 0 Å². The van der Waals surface area contributed by atoms with Crippen molar-refractivity contribution in [1.29, 1.82) is 0 Å². The Morgan fingerprint density at radius 1 is 1.37 bits per heavy atom. The molecule has 4 heteroatoms. The highest BCUT2D eigenvalue weighted by molar-refractivity contribution is 9.10. The second kappa shape index (κ2) is 6.64. The first-order valence-electron chi connectivity index (χ1n) is 6.36. The monoisotopic (exact) mass is 341 g/mol. The van der Waals surface area contributed by atoms with Gasteiger partial charge in [-0.1, -0.05) is 25.1 Å². The molecule has 1 unspecified atom stereocenters. The zero-order chi connectivity index (χ0) is 13.8. The highest BCUT2D eigenvalue weighted by Gasteiger charge is 2.21. The SMILES string of the molecule is CCCNC(c1cccc(C)c1F)c1sccc1Br. The maximum Gasteiger partial charge on any atom is 0.131 e. The van der Waals surface area contributed by atoms with Crippen molar-refractivity contribution in [2.45, 2.75) is 26.3 Å². The lowest BCUT2D eigenvalue weighted by Crippen LogP contribution is -2.23. The summed E-state index contributed by atoms with van der Waals surface area (Å²) in [4.78, 5) is 1.12. The minimum atomic E-state index is -0.114. The van der Waals surface area contributed by atoms with E-state index < -0.39 is 0 Å². The molecule has 0 amide bonds. The summed E-state index contributed by atoms with van der Waals surface area (Å²) in [5.74, 6) is -0.114. The molecule has 0 radical (unpaired) electrons. The minimum Gasteiger partial charge on any atom is -0.305 e. The van der Waals surface area contributed by atoms with Crippen LogP contribution < -0.4 is 5.32 Å². The van der Waals surface area contributed by atoms with E-state index >= 15 is 0 Å². The maximum atomic E-state index is 14.4. The van der Waals surface area contributed by atoms with Crippen LogP contribution in [0.1, 0.15) is 35.4 Å². The van der Waals surface area contributed by atoms with Gasteiger partial charge in [0.05, 0.1) is 6.04 Å². The number of aryl methyl sites for hydroxylation is 1. The number of rotatable bonds is 5. The molecule has 102 valence electrons. The molecule has 0 aliphatic heterocycles. The normalized spacial score (nSPS) is 12.6. The van der Waals surface area contributed by atoms with Gasteiger partial charge in [-0.05, 0) is 52.8 Å². The molecule has 19 heavy (non-hydrogen) atoms. The predicted molar refractivity (Wildman–Crippen MR) is 83.3 cm³/mol. The fraction of sp³-hybridized carbons (Fsp3) is 0.333. The summed E-state index contributed by atoms with van der Waals surface area (Å²) < 4.78 is 15.4. The van der Waals surface area contributed by atoms with Crippen LogP contribution in [0, 0.1) is 12.7 Å². The van der Waals surface area contributed by atoms with Crippen LogP contribution in [0.25, 0.3) is 0 Å². The molecular formula is C15H17BrFNS. The van der Waals surface area contributed by atoms with Gasteiger partial charge in [0.1, 0.15) is 5.82 Å². The van der Waals surface area contributed by atoms with Crippen molar-refractivity contribution < 1.29 is 4.39 Å². The first kappa shape index (κ1) is 14.7. The second-order valence-electron chi connectivity index (χ2n) is 4.50. The van der Waals surface area contributed by atoms with E-state index in [-0.39, 0.29) is 11.9 Å². The number of halogens is 2. The topological polar surface area (TPSA) is 12.0 Å². The molecule has 0 bridgehead atoms. The summed E-state index contributed by atoms with van der Waals surface area (Å²) >= 11 is 5.19. The van der Waals surface area contributed by atoms with Gasteiger partial charge in [0.2, 0.25) is 0 Å². The van der Waals surface area contributed by atoms with Gasteiger partial charge in [0, 0.05) is 14.9 Å². The lowest BCUT2D eigenvalue weighted by atomic mass is 10.0. The Bertz CT molecular complexity index is 553. The van der Waals surface area contributed by atoms with Crippen molar-refractivity contribution in [1.82, 2.24) is 5.32 Å². The van der Waals surface area contributed by atoms with Gasteiger partial charge in [0.15, 0.2) is 0 Å². The number of hydrogen-bond donors (Lipinski definition) is 1. The molecule has 0 saturated heterocycles. The van der Waals surface area contributed by atoms with Crippen molar-refractivity contribution in [2.75, 3.05) is 6.54 Å². The van der Waals surface area contributed by atoms with E-state index in [1.165, 1.54) is 0 Å². The smallest absolute Gasteiger partial charge is 0.131 e. The molecule has 1 atom stereocenters. The van der Waals surface area contributed by atoms with Gasteiger partial charge in [0.25, 0.3) is 0 Å². The van der Waals surface area contributed by atoms with Crippen LogP contribution in [0.15, 0.2) is 34.1 Å². The third-order valence-electron chi connectivity index (χ3n) is 3.04. The third-order valence-corrected chi connectivity index (χ3v) is 4.97. The molecule has 0 spiro atoms. The lowest BCUT2D eigenvalue weighted by molar-refractivity contribution is 0.545. The number of hydrogen-bond acceptors (Lipinski definition) is 2. The Balaban J connectivity index is 2.43. The number of thiophene rings is 1. The van der Waals surface area contributed by atoms with Gasteiger partial charge < -0.3 is 5.32 Å². The zero-order valence-electron chi connectivity index (χ0n) is 11.0. The third kappa shape index (κ3) is 3.25. The molecule has 0 aliphatic rings. The largest absolute Gasteiger partial charge is 0.305 e. The van der Waals surface area contributed by atoms with E-state index in [0.717, 1.165) is 27.9 Å². The van der Waals surface area contributed by atoms with E-state index in [2.05, 4.69) is 28.2 Å². The Hall–Kier alpha value is -0.710. The molecule has 1 nitrogen and oxygen atoms in total. The van der Waals surface area contributed by atoms with Crippen LogP contribution in [0.4, 0.5) is 4.39 Å². The molecule has 1 heterocycles. The van der Waals surface area contributed by atoms with E-state index in [4.69, 9.17) is 0 Å². The average Bonchev–Trinajstić information content (AvgIpc) is 2.81. The molecule has 1 N–H and O–H groups in total. The van der Waals surface area contributed by atoms with Crippen LogP contribution in [0.5, 0.6) is 0 Å². The Morgan fingerprint density at radius 2 is 2.16 bits per heavy atom. The summed E-state index contributed by atoms with van der Waals surface area (Å²) in [7, 11) is 0. The van der Waals surface area contributed by atoms with Crippen molar-refractivity contribution >= 4 is 27.3 Å². The first-order chi connectivity index (χ1) is 9.15. The minimum absolute atomic E-state index is 0.0887. The van der Waals surface area contributed by atoms with Gasteiger partial charge in [-0.2, -0.15) is 0 Å². The molecular weight excluding hydrogens is 325 g/mol. The van der Waals surface area contributed by atoms with Crippen molar-refractivity contribution in [2.24, 2.45) is 0 Å². The molecule has 1 aromatic heterocycles. The van der Waals surface area contributed by atoms with Crippen molar-refractivity contribution in [3.63, 3.8) is 0 Å². The van der Waals surface area contributed by atoms with Crippen LogP contribution in [-0.4, -0.2) is 6.54 Å². The lowest BCUT2D eigenvalue weighted by Gasteiger charge is -2.20. The highest BCUT2D eigenvalue weighted by Crippen LogP contribution is 2.34. The summed E-state index contributed by atoms with van der Waals surface area (Å²) in [6, 6.07) is 7.50. The first-order valence-corrected chi connectivity index (χ1v) is 8.03. The Morgan fingerprint density at radius 3 is 2.79 bits per heavy atom. The summed E-state index contributed by atoms with van der Waals surface area (Å²) in [6.45, 7) is 4.78.